The number of amides is 1. The van der Waals surface area contributed by atoms with Gasteiger partial charge in [-0.3, -0.25) is 19.6 Å². The van der Waals surface area contributed by atoms with E-state index in [2.05, 4.69) is 98.4 Å². The Labute approximate surface area is 365 Å². The van der Waals surface area contributed by atoms with Crippen molar-refractivity contribution in [1.29, 1.82) is 0 Å². The first-order chi connectivity index (χ1) is 28.1. The molecule has 6 nitrogen and oxygen atoms in total. The molecule has 1 aromatic carbocycles. The minimum absolute atomic E-state index is 0.0224. The lowest BCUT2D eigenvalue weighted by molar-refractivity contribution is -0.159. The van der Waals surface area contributed by atoms with Gasteiger partial charge in [-0.15, -0.1) is 0 Å². The van der Waals surface area contributed by atoms with Crippen LogP contribution in [-0.2, 0) is 26.2 Å². The van der Waals surface area contributed by atoms with Crippen molar-refractivity contribution in [3.8, 4) is 11.3 Å². The third-order valence-corrected chi connectivity index (χ3v) is 11.0. The first-order valence-corrected chi connectivity index (χ1v) is 24.4. The van der Waals surface area contributed by atoms with E-state index in [4.69, 9.17) is 14.7 Å². The molecule has 1 unspecified atom stereocenters. The lowest BCUT2D eigenvalue weighted by Gasteiger charge is -2.42. The molecule has 2 aliphatic rings. The van der Waals surface area contributed by atoms with Crippen LogP contribution in [0.15, 0.2) is 29.3 Å². The number of carbonyl (C=O) groups excluding carboxylic acids is 2. The number of hydrogen-bond acceptors (Lipinski definition) is 5. The Morgan fingerprint density at radius 2 is 1.47 bits per heavy atom. The number of ether oxygens (including phenoxy) is 1. The first-order valence-electron chi connectivity index (χ1n) is 24.4. The number of carbonyl (C=O) groups is 2. The molecule has 1 amide bonds. The molecular weight excluding hydrogens is 727 g/mol. The van der Waals surface area contributed by atoms with Gasteiger partial charge in [0.15, 0.2) is 0 Å². The maximum atomic E-state index is 14.2. The second kappa shape index (κ2) is 30.1. The maximum absolute atomic E-state index is 14.2. The lowest BCUT2D eigenvalue weighted by atomic mass is 9.73. The van der Waals surface area contributed by atoms with Crippen molar-refractivity contribution in [1.82, 2.24) is 4.98 Å². The Balaban J connectivity index is 0.00000120. The van der Waals surface area contributed by atoms with Gasteiger partial charge in [-0.1, -0.05) is 166 Å². The monoisotopic (exact) mass is 820 g/mol. The molecule has 0 bridgehead atoms. The number of aliphatic imine (C=N–C) groups is 1. The lowest BCUT2D eigenvalue weighted by Crippen LogP contribution is -2.50. The number of nitrogens with zero attached hydrogens (tertiary/aromatic N) is 3. The van der Waals surface area contributed by atoms with Crippen LogP contribution < -0.4 is 4.90 Å². The van der Waals surface area contributed by atoms with E-state index < -0.39 is 0 Å². The predicted molar refractivity (Wildman–Crippen MR) is 260 cm³/mol. The van der Waals surface area contributed by atoms with E-state index in [0.29, 0.717) is 11.9 Å². The zero-order valence-electron chi connectivity index (χ0n) is 41.7. The second-order valence-corrected chi connectivity index (χ2v) is 17.6. The van der Waals surface area contributed by atoms with Crippen molar-refractivity contribution in [2.24, 2.45) is 16.8 Å². The number of benzene rings is 1. The van der Waals surface area contributed by atoms with Crippen LogP contribution >= 0.6 is 0 Å². The van der Waals surface area contributed by atoms with Crippen molar-refractivity contribution in [2.75, 3.05) is 4.90 Å². The van der Waals surface area contributed by atoms with Crippen molar-refractivity contribution < 1.29 is 14.3 Å². The van der Waals surface area contributed by atoms with Gasteiger partial charge in [-0.05, 0) is 102 Å². The molecule has 1 aliphatic carbocycles. The zero-order chi connectivity index (χ0) is 45.2. The van der Waals surface area contributed by atoms with Crippen LogP contribution in [0, 0.1) is 18.8 Å². The van der Waals surface area contributed by atoms with Crippen LogP contribution in [0.25, 0.3) is 11.3 Å². The van der Waals surface area contributed by atoms with Crippen LogP contribution in [-0.4, -0.2) is 34.7 Å². The summed E-state index contributed by atoms with van der Waals surface area (Å²) in [5.41, 5.74) is 6.95. The van der Waals surface area contributed by atoms with Gasteiger partial charge in [0, 0.05) is 29.2 Å². The topological polar surface area (TPSA) is 71.9 Å². The summed E-state index contributed by atoms with van der Waals surface area (Å²) in [5, 5.41) is 0. The van der Waals surface area contributed by atoms with Crippen molar-refractivity contribution >= 4 is 29.5 Å². The number of esters is 1. The molecular formula is C53H93N3O3. The fourth-order valence-electron chi connectivity index (χ4n) is 7.84. The van der Waals surface area contributed by atoms with Crippen molar-refractivity contribution in [3.63, 3.8) is 0 Å². The quantitative estimate of drug-likeness (QED) is 0.0905. The average molecular weight is 820 g/mol. The zero-order valence-corrected chi connectivity index (χ0v) is 41.7. The van der Waals surface area contributed by atoms with E-state index in [1.807, 2.05) is 54.7 Å². The van der Waals surface area contributed by atoms with E-state index in [1.54, 1.807) is 0 Å². The third-order valence-electron chi connectivity index (χ3n) is 11.0. The van der Waals surface area contributed by atoms with Gasteiger partial charge in [0.05, 0.1) is 22.7 Å². The fraction of sp³-hybridized carbons (Fsp3) is 0.736. The number of aromatic nitrogens is 1. The highest BCUT2D eigenvalue weighted by Gasteiger charge is 2.53. The molecule has 0 spiro atoms. The summed E-state index contributed by atoms with van der Waals surface area (Å²) in [7, 11) is 0. The maximum Gasteiger partial charge on any atom is 0.309 e. The largest absolute Gasteiger partial charge is 0.460 e. The molecule has 0 radical (unpaired) electrons. The van der Waals surface area contributed by atoms with E-state index in [-0.39, 0.29) is 22.9 Å². The van der Waals surface area contributed by atoms with E-state index in [0.717, 1.165) is 97.6 Å². The average Bonchev–Trinajstić information content (AvgIpc) is 3.42. The van der Waals surface area contributed by atoms with Gasteiger partial charge >= 0.3 is 5.97 Å². The Morgan fingerprint density at radius 3 is 1.93 bits per heavy atom. The van der Waals surface area contributed by atoms with Crippen LogP contribution in [0.5, 0.6) is 0 Å². The summed E-state index contributed by atoms with van der Waals surface area (Å²) in [5.74, 6) is 1.03. The molecule has 1 atom stereocenters. The van der Waals surface area contributed by atoms with Crippen molar-refractivity contribution in [3.05, 3.63) is 41.1 Å². The first kappa shape index (κ1) is 56.0. The van der Waals surface area contributed by atoms with E-state index >= 15 is 0 Å². The molecule has 1 aliphatic heterocycles. The molecule has 4 rings (SSSR count). The van der Waals surface area contributed by atoms with Crippen LogP contribution in [0.4, 0.5) is 11.4 Å². The summed E-state index contributed by atoms with van der Waals surface area (Å²) >= 11 is 0. The van der Waals surface area contributed by atoms with Crippen LogP contribution in [0.3, 0.4) is 0 Å². The third kappa shape index (κ3) is 17.5. The standard InChI is InChI=1S/C32H45N3O.C9H18O2.C7H16.C3H8.C2H6/c1-7-12-23-18-25(19-23)35-30-20-24(13-14-26(30)32(15-8-2,16-9-3)31(35)36)29-21-28(33-17-10-4)22(6)27(11-5)34-29;1-6-7(2)8(10)11-9(3,4)5;1-3-5-7-6-4-2;1-3-2;1-2/h13-14,17,20-21,23,25H,7-12,15-16,18-19H2,1-6H3;7H,6H2,1-5H3;3-7H2,1-2H3;3H2,1-2H3;1-2H3. The molecule has 0 N–H and O–H groups in total. The number of pyridine rings is 1. The summed E-state index contributed by atoms with van der Waals surface area (Å²) in [4.78, 5) is 37.4. The molecule has 2 aromatic rings. The predicted octanol–water partition coefficient (Wildman–Crippen LogP) is 16.3. The highest BCUT2D eigenvalue weighted by molar-refractivity contribution is 6.09. The molecule has 6 heteroatoms. The fourth-order valence-corrected chi connectivity index (χ4v) is 7.84. The van der Waals surface area contributed by atoms with Crippen LogP contribution in [0.2, 0.25) is 0 Å². The van der Waals surface area contributed by atoms with E-state index in [1.165, 1.54) is 56.9 Å². The number of hydrogen-bond donors (Lipinski definition) is 0. The van der Waals surface area contributed by atoms with Gasteiger partial charge < -0.3 is 9.64 Å². The van der Waals surface area contributed by atoms with E-state index in [9.17, 15) is 9.59 Å². The number of fused-ring (bicyclic) bond motifs is 1. The summed E-state index contributed by atoms with van der Waals surface area (Å²) in [6.07, 6.45) is 21.5. The Hall–Kier alpha value is -3.02. The van der Waals surface area contributed by atoms with Gasteiger partial charge in [-0.25, -0.2) is 0 Å². The SMILES string of the molecule is CC.CCC.CCC(C)C(=O)OC(C)(C)C.CCC=Nc1cc(-c2ccc3c(c2)N(C2CC(CCC)C2)C(=O)C3(CCC)CCC)nc(CC)c1C.CCCCCCC. The number of unbranched alkanes of at least 4 members (excludes halogenated alkanes) is 4. The molecule has 0 saturated heterocycles. The highest BCUT2D eigenvalue weighted by atomic mass is 16.6. The van der Waals surface area contributed by atoms with Gasteiger partial charge in [0.1, 0.15) is 5.60 Å². The highest BCUT2D eigenvalue weighted by Crippen LogP contribution is 2.52. The molecule has 59 heavy (non-hydrogen) atoms. The summed E-state index contributed by atoms with van der Waals surface area (Å²) < 4.78 is 5.15. The second-order valence-electron chi connectivity index (χ2n) is 17.6. The number of aryl methyl sites for hydroxylation is 1. The molecule has 2 heterocycles. The van der Waals surface area contributed by atoms with Gasteiger partial charge in [0.25, 0.3) is 0 Å². The molecule has 1 fully saturated rings. The van der Waals surface area contributed by atoms with Gasteiger partial charge in [-0.2, -0.15) is 0 Å². The van der Waals surface area contributed by atoms with Crippen molar-refractivity contribution in [2.45, 2.75) is 244 Å². The Kier molecular flexibility index (Phi) is 28.5. The molecule has 1 aromatic heterocycles. The normalized spacial score (nSPS) is 16.8. The Bertz CT molecular complexity index is 1470. The summed E-state index contributed by atoms with van der Waals surface area (Å²) in [6.45, 7) is 35.3. The smallest absolute Gasteiger partial charge is 0.309 e. The molecule has 1 saturated carbocycles. The van der Waals surface area contributed by atoms with Crippen LogP contribution in [0.1, 0.15) is 230 Å². The molecule has 338 valence electrons. The number of anilines is 1. The van der Waals surface area contributed by atoms with Gasteiger partial charge in [0.2, 0.25) is 5.91 Å². The minimum Gasteiger partial charge on any atom is -0.460 e. The minimum atomic E-state index is -0.376. The number of rotatable bonds is 17. The summed E-state index contributed by atoms with van der Waals surface area (Å²) in [6, 6.07) is 9.16. The Morgan fingerprint density at radius 1 is 0.898 bits per heavy atom.